The van der Waals surface area contributed by atoms with Crippen LogP contribution in [0.25, 0.3) is 0 Å². The zero-order chi connectivity index (χ0) is 9.90. The summed E-state index contributed by atoms with van der Waals surface area (Å²) < 4.78 is 36.4. The van der Waals surface area contributed by atoms with Crippen LogP contribution in [-0.2, 0) is 6.18 Å². The summed E-state index contributed by atoms with van der Waals surface area (Å²) in [6.07, 6.45) is -3.43. The topological polar surface area (TPSA) is 54.7 Å². The Balaban J connectivity index is 3.03. The van der Waals surface area contributed by atoms with E-state index in [4.69, 9.17) is 5.73 Å². The van der Waals surface area contributed by atoms with Crippen LogP contribution in [0.4, 0.5) is 13.2 Å². The van der Waals surface area contributed by atoms with Gasteiger partial charge in [0.05, 0.1) is 18.3 Å². The lowest BCUT2D eigenvalue weighted by Gasteiger charge is -2.02. The van der Waals surface area contributed by atoms with Crippen LogP contribution in [0.5, 0.6) is 0 Å². The third kappa shape index (κ3) is 2.23. The number of H-pyrrole nitrogens is 1. The molecule has 0 spiro atoms. The molecule has 70 valence electrons. The third-order valence-corrected chi connectivity index (χ3v) is 1.25. The molecule has 0 bridgehead atoms. The van der Waals surface area contributed by atoms with Crippen LogP contribution in [0.2, 0.25) is 0 Å². The van der Waals surface area contributed by atoms with Gasteiger partial charge in [-0.05, 0) is 0 Å². The van der Waals surface area contributed by atoms with E-state index in [0.717, 1.165) is 6.20 Å². The van der Waals surface area contributed by atoms with E-state index in [-0.39, 0.29) is 12.1 Å². The van der Waals surface area contributed by atoms with Crippen LogP contribution < -0.4 is 5.73 Å². The summed E-state index contributed by atoms with van der Waals surface area (Å²) in [7, 11) is 0. The molecule has 0 amide bonds. The molecular formula is C7H6F3N3. The first-order valence-electron chi connectivity index (χ1n) is 3.35. The second-order valence-electron chi connectivity index (χ2n) is 2.16. The number of aromatic amines is 1. The minimum atomic E-state index is -4.45. The van der Waals surface area contributed by atoms with E-state index in [1.165, 1.54) is 0 Å². The maximum atomic E-state index is 12.1. The molecule has 0 saturated carbocycles. The normalized spacial score (nSPS) is 10.8. The van der Waals surface area contributed by atoms with Gasteiger partial charge >= 0.3 is 6.18 Å². The minimum Gasteiger partial charge on any atom is -0.320 e. The van der Waals surface area contributed by atoms with Crippen molar-refractivity contribution < 1.29 is 13.2 Å². The monoisotopic (exact) mass is 189 g/mol. The van der Waals surface area contributed by atoms with E-state index in [9.17, 15) is 13.2 Å². The highest BCUT2D eigenvalue weighted by molar-refractivity contribution is 5.37. The molecule has 0 radical (unpaired) electrons. The molecular weight excluding hydrogens is 183 g/mol. The SMILES string of the molecule is NCC#Cc1cn[nH]c1C(F)(F)F. The van der Waals surface area contributed by atoms with Crippen LogP contribution >= 0.6 is 0 Å². The largest absolute Gasteiger partial charge is 0.434 e. The molecule has 6 heteroatoms. The number of rotatable bonds is 0. The maximum absolute atomic E-state index is 12.1. The molecule has 0 fully saturated rings. The van der Waals surface area contributed by atoms with Gasteiger partial charge in [0.15, 0.2) is 5.69 Å². The van der Waals surface area contributed by atoms with Crippen molar-refractivity contribution in [2.24, 2.45) is 5.73 Å². The molecule has 3 N–H and O–H groups in total. The smallest absolute Gasteiger partial charge is 0.320 e. The molecule has 0 saturated heterocycles. The summed E-state index contributed by atoms with van der Waals surface area (Å²) in [6.45, 7) is 0.0163. The Labute approximate surface area is 72.1 Å². The van der Waals surface area contributed by atoms with Gasteiger partial charge in [-0.1, -0.05) is 11.8 Å². The number of halogens is 3. The average Bonchev–Trinajstić information content (AvgIpc) is 2.47. The first-order chi connectivity index (χ1) is 6.05. The van der Waals surface area contributed by atoms with Gasteiger partial charge in [-0.15, -0.1) is 0 Å². The van der Waals surface area contributed by atoms with Gasteiger partial charge in [-0.2, -0.15) is 18.3 Å². The fourth-order valence-electron chi connectivity index (χ4n) is 0.743. The number of aromatic nitrogens is 2. The lowest BCUT2D eigenvalue weighted by Crippen LogP contribution is -2.07. The van der Waals surface area contributed by atoms with Crippen molar-refractivity contribution in [1.29, 1.82) is 0 Å². The van der Waals surface area contributed by atoms with Gasteiger partial charge in [0.2, 0.25) is 0 Å². The number of nitrogens with two attached hydrogens (primary N) is 1. The first-order valence-corrected chi connectivity index (χ1v) is 3.35. The van der Waals surface area contributed by atoms with Crippen molar-refractivity contribution in [2.45, 2.75) is 6.18 Å². The third-order valence-electron chi connectivity index (χ3n) is 1.25. The second kappa shape index (κ2) is 3.49. The lowest BCUT2D eigenvalue weighted by molar-refractivity contribution is -0.141. The predicted molar refractivity (Wildman–Crippen MR) is 39.5 cm³/mol. The highest BCUT2D eigenvalue weighted by atomic mass is 19.4. The first kappa shape index (κ1) is 9.61. The van der Waals surface area contributed by atoms with Crippen LogP contribution in [0.3, 0.4) is 0 Å². The Kier molecular flexibility index (Phi) is 2.58. The fraction of sp³-hybridized carbons (Fsp3) is 0.286. The summed E-state index contributed by atoms with van der Waals surface area (Å²) in [5.74, 6) is 4.59. The molecule has 1 aromatic heterocycles. The van der Waals surface area contributed by atoms with Crippen molar-refractivity contribution >= 4 is 0 Å². The summed E-state index contributed by atoms with van der Waals surface area (Å²) in [5.41, 5.74) is 3.90. The summed E-state index contributed by atoms with van der Waals surface area (Å²) in [4.78, 5) is 0. The molecule has 3 nitrogen and oxygen atoms in total. The number of nitrogens with zero attached hydrogens (tertiary/aromatic N) is 1. The Morgan fingerprint density at radius 1 is 1.54 bits per heavy atom. The van der Waals surface area contributed by atoms with Gasteiger partial charge in [0, 0.05) is 0 Å². The summed E-state index contributed by atoms with van der Waals surface area (Å²) >= 11 is 0. The molecule has 0 unspecified atom stereocenters. The fourth-order valence-corrected chi connectivity index (χ4v) is 0.743. The Morgan fingerprint density at radius 3 is 2.77 bits per heavy atom. The molecule has 1 heterocycles. The number of alkyl halides is 3. The quantitative estimate of drug-likeness (QED) is 0.591. The number of hydrogen-bond donors (Lipinski definition) is 2. The maximum Gasteiger partial charge on any atom is 0.434 e. The van der Waals surface area contributed by atoms with E-state index in [1.54, 1.807) is 0 Å². The van der Waals surface area contributed by atoms with E-state index >= 15 is 0 Å². The van der Waals surface area contributed by atoms with Crippen molar-refractivity contribution in [3.05, 3.63) is 17.5 Å². The van der Waals surface area contributed by atoms with Crippen LogP contribution in [0.1, 0.15) is 11.3 Å². The molecule has 0 aliphatic carbocycles. The highest BCUT2D eigenvalue weighted by Crippen LogP contribution is 2.29. The molecule has 13 heavy (non-hydrogen) atoms. The van der Waals surface area contributed by atoms with Gasteiger partial charge < -0.3 is 5.73 Å². The highest BCUT2D eigenvalue weighted by Gasteiger charge is 2.35. The lowest BCUT2D eigenvalue weighted by atomic mass is 10.2. The van der Waals surface area contributed by atoms with Gasteiger partial charge in [-0.25, -0.2) is 0 Å². The predicted octanol–water partition coefficient (Wildman–Crippen LogP) is 0.739. The summed E-state index contributed by atoms with van der Waals surface area (Å²) in [6, 6.07) is 0. The number of hydrogen-bond acceptors (Lipinski definition) is 2. The molecule has 0 atom stereocenters. The zero-order valence-electron chi connectivity index (χ0n) is 6.44. The Hall–Kier alpha value is -1.48. The van der Waals surface area contributed by atoms with Gasteiger partial charge in [-0.3, -0.25) is 5.10 Å². The summed E-state index contributed by atoms with van der Waals surface area (Å²) in [5, 5.41) is 5.09. The van der Waals surface area contributed by atoms with Gasteiger partial charge in [0.1, 0.15) is 0 Å². The molecule has 0 aromatic carbocycles. The van der Waals surface area contributed by atoms with Crippen molar-refractivity contribution in [1.82, 2.24) is 10.2 Å². The van der Waals surface area contributed by atoms with Gasteiger partial charge in [0.25, 0.3) is 0 Å². The number of nitrogens with one attached hydrogen (secondary N) is 1. The molecule has 0 aliphatic heterocycles. The molecule has 1 aromatic rings. The van der Waals surface area contributed by atoms with Crippen molar-refractivity contribution in [2.75, 3.05) is 6.54 Å². The van der Waals surface area contributed by atoms with E-state index in [2.05, 4.69) is 16.9 Å². The molecule has 0 aliphatic rings. The minimum absolute atomic E-state index is 0.0163. The van der Waals surface area contributed by atoms with E-state index in [1.807, 2.05) is 5.10 Å². The standard InChI is InChI=1S/C7H6F3N3/c8-7(9,10)6-5(2-1-3-11)4-12-13-6/h4H,3,11H2,(H,12,13). The van der Waals surface area contributed by atoms with Crippen molar-refractivity contribution in [3.63, 3.8) is 0 Å². The zero-order valence-corrected chi connectivity index (χ0v) is 6.44. The Morgan fingerprint density at radius 2 is 2.23 bits per heavy atom. The van der Waals surface area contributed by atoms with E-state index < -0.39 is 11.9 Å². The van der Waals surface area contributed by atoms with E-state index in [0.29, 0.717) is 0 Å². The average molecular weight is 189 g/mol. The Bertz CT molecular complexity index is 342. The van der Waals surface area contributed by atoms with Crippen molar-refractivity contribution in [3.8, 4) is 11.8 Å². The second-order valence-corrected chi connectivity index (χ2v) is 2.16. The van der Waals surface area contributed by atoms with Crippen LogP contribution in [-0.4, -0.2) is 16.7 Å². The van der Waals surface area contributed by atoms with Crippen LogP contribution in [0.15, 0.2) is 6.20 Å². The van der Waals surface area contributed by atoms with Crippen LogP contribution in [0, 0.1) is 11.8 Å². The molecule has 1 rings (SSSR count).